The average Bonchev–Trinajstić information content (AvgIpc) is 2.75. The van der Waals surface area contributed by atoms with E-state index in [1.807, 2.05) is 13.8 Å². The first kappa shape index (κ1) is 26.6. The Labute approximate surface area is 199 Å². The summed E-state index contributed by atoms with van der Waals surface area (Å²) in [7, 11) is -3.91. The molecule has 1 N–H and O–H groups in total. The molecule has 0 saturated carbocycles. The number of amides is 2. The molecule has 2 rings (SSSR count). The number of rotatable bonds is 10. The second-order valence-electron chi connectivity index (χ2n) is 7.89. The van der Waals surface area contributed by atoms with E-state index in [2.05, 4.69) is 5.32 Å². The van der Waals surface area contributed by atoms with Crippen LogP contribution in [-0.4, -0.2) is 50.0 Å². The summed E-state index contributed by atoms with van der Waals surface area (Å²) in [6.45, 7) is 4.84. The number of hydrogen-bond donors (Lipinski definition) is 1. The van der Waals surface area contributed by atoms with Gasteiger partial charge < -0.3 is 10.2 Å². The molecule has 0 radical (unpaired) electrons. The monoisotopic (exact) mass is 497 g/mol. The first-order chi connectivity index (χ1) is 15.4. The zero-order chi connectivity index (χ0) is 24.8. The summed E-state index contributed by atoms with van der Waals surface area (Å²) in [5.41, 5.74) is 0.738. The van der Waals surface area contributed by atoms with Gasteiger partial charge in [-0.05, 0) is 56.2 Å². The van der Waals surface area contributed by atoms with Gasteiger partial charge in [0.2, 0.25) is 21.8 Å². The largest absolute Gasteiger partial charge is 0.352 e. The van der Waals surface area contributed by atoms with E-state index in [1.165, 1.54) is 23.1 Å². The average molecular weight is 498 g/mol. The molecule has 0 aliphatic heterocycles. The van der Waals surface area contributed by atoms with Gasteiger partial charge in [-0.25, -0.2) is 12.8 Å². The van der Waals surface area contributed by atoms with E-state index in [0.717, 1.165) is 16.6 Å². The Bertz CT molecular complexity index is 1080. The normalized spacial score (nSPS) is 13.2. The lowest BCUT2D eigenvalue weighted by Gasteiger charge is -2.32. The molecule has 0 spiro atoms. The van der Waals surface area contributed by atoms with Crippen LogP contribution in [0.15, 0.2) is 48.5 Å². The zero-order valence-corrected chi connectivity index (χ0v) is 20.7. The molecule has 0 aliphatic carbocycles. The standard InChI is InChI=1S/C23H29ClFN3O4S/c1-5-16(2)26-23(30)17(3)27(14-18-9-11-19(24)12-10-18)22(29)15-28(33(4,31)32)21-8-6-7-20(25)13-21/h6-13,16-17H,5,14-15H2,1-4H3,(H,26,30)/t16-,17-/m1/s1. The third kappa shape index (κ3) is 7.71. The molecule has 2 amide bonds. The van der Waals surface area contributed by atoms with Crippen molar-refractivity contribution in [2.45, 2.75) is 45.8 Å². The molecule has 0 aromatic heterocycles. The molecule has 2 aromatic carbocycles. The van der Waals surface area contributed by atoms with Crippen LogP contribution < -0.4 is 9.62 Å². The number of anilines is 1. The van der Waals surface area contributed by atoms with Crippen LogP contribution in [0.2, 0.25) is 5.02 Å². The summed E-state index contributed by atoms with van der Waals surface area (Å²) in [6.07, 6.45) is 1.65. The Morgan fingerprint density at radius 2 is 1.76 bits per heavy atom. The molecule has 0 bridgehead atoms. The summed E-state index contributed by atoms with van der Waals surface area (Å²) in [5.74, 6) is -1.59. The van der Waals surface area contributed by atoms with Crippen molar-refractivity contribution in [3.63, 3.8) is 0 Å². The van der Waals surface area contributed by atoms with Crippen LogP contribution >= 0.6 is 11.6 Å². The highest BCUT2D eigenvalue weighted by atomic mass is 35.5. The van der Waals surface area contributed by atoms with E-state index in [-0.39, 0.29) is 24.2 Å². The molecule has 0 aliphatic rings. The smallest absolute Gasteiger partial charge is 0.244 e. The number of nitrogens with zero attached hydrogens (tertiary/aromatic N) is 2. The van der Waals surface area contributed by atoms with Gasteiger partial charge in [0.25, 0.3) is 0 Å². The van der Waals surface area contributed by atoms with E-state index in [9.17, 15) is 22.4 Å². The lowest BCUT2D eigenvalue weighted by Crippen LogP contribution is -2.52. The Hall–Kier alpha value is -2.65. The fraction of sp³-hybridized carbons (Fsp3) is 0.391. The molecule has 0 fully saturated rings. The summed E-state index contributed by atoms with van der Waals surface area (Å²) >= 11 is 5.95. The highest BCUT2D eigenvalue weighted by molar-refractivity contribution is 7.92. The van der Waals surface area contributed by atoms with Crippen LogP contribution in [0.4, 0.5) is 10.1 Å². The number of halogens is 2. The van der Waals surface area contributed by atoms with Gasteiger partial charge in [0.1, 0.15) is 18.4 Å². The molecule has 2 atom stereocenters. The van der Waals surface area contributed by atoms with Crippen molar-refractivity contribution in [2.75, 3.05) is 17.1 Å². The van der Waals surface area contributed by atoms with Crippen LogP contribution in [0.3, 0.4) is 0 Å². The minimum atomic E-state index is -3.91. The molecule has 7 nitrogen and oxygen atoms in total. The molecule has 0 saturated heterocycles. The molecule has 180 valence electrons. The van der Waals surface area contributed by atoms with Gasteiger partial charge in [0, 0.05) is 17.6 Å². The van der Waals surface area contributed by atoms with Gasteiger partial charge in [0.05, 0.1) is 11.9 Å². The highest BCUT2D eigenvalue weighted by Crippen LogP contribution is 2.20. The van der Waals surface area contributed by atoms with Crippen LogP contribution in [-0.2, 0) is 26.2 Å². The van der Waals surface area contributed by atoms with Crippen molar-refractivity contribution in [3.05, 3.63) is 64.9 Å². The van der Waals surface area contributed by atoms with Gasteiger partial charge in [-0.3, -0.25) is 13.9 Å². The molecular formula is C23H29ClFN3O4S. The minimum Gasteiger partial charge on any atom is -0.352 e. The molecule has 0 unspecified atom stereocenters. The number of nitrogens with one attached hydrogen (secondary N) is 1. The van der Waals surface area contributed by atoms with E-state index >= 15 is 0 Å². The van der Waals surface area contributed by atoms with Crippen molar-refractivity contribution in [1.82, 2.24) is 10.2 Å². The zero-order valence-electron chi connectivity index (χ0n) is 19.1. The van der Waals surface area contributed by atoms with Gasteiger partial charge in [0.15, 0.2) is 0 Å². The molecular weight excluding hydrogens is 469 g/mol. The van der Waals surface area contributed by atoms with Crippen LogP contribution in [0.5, 0.6) is 0 Å². The molecule has 10 heteroatoms. The first-order valence-electron chi connectivity index (χ1n) is 10.5. The summed E-state index contributed by atoms with van der Waals surface area (Å²) in [5, 5.41) is 3.37. The SMILES string of the molecule is CC[C@@H](C)NC(=O)[C@@H](C)N(Cc1ccc(Cl)cc1)C(=O)CN(c1cccc(F)c1)S(C)(=O)=O. The van der Waals surface area contributed by atoms with Crippen molar-refractivity contribution < 1.29 is 22.4 Å². The fourth-order valence-electron chi connectivity index (χ4n) is 3.08. The Balaban J connectivity index is 2.37. The number of benzene rings is 2. The Morgan fingerprint density at radius 3 is 2.30 bits per heavy atom. The number of hydrogen-bond acceptors (Lipinski definition) is 4. The van der Waals surface area contributed by atoms with Crippen molar-refractivity contribution in [1.29, 1.82) is 0 Å². The van der Waals surface area contributed by atoms with Crippen molar-refractivity contribution in [3.8, 4) is 0 Å². The van der Waals surface area contributed by atoms with Gasteiger partial charge in [-0.15, -0.1) is 0 Å². The van der Waals surface area contributed by atoms with Gasteiger partial charge in [-0.1, -0.05) is 36.7 Å². The van der Waals surface area contributed by atoms with Gasteiger partial charge >= 0.3 is 0 Å². The van der Waals surface area contributed by atoms with Crippen LogP contribution in [0, 0.1) is 5.82 Å². The van der Waals surface area contributed by atoms with E-state index in [4.69, 9.17) is 11.6 Å². The molecule has 2 aromatic rings. The van der Waals surface area contributed by atoms with Crippen LogP contribution in [0.25, 0.3) is 0 Å². The molecule has 0 heterocycles. The predicted octanol–water partition coefficient (Wildman–Crippen LogP) is 3.58. The maximum atomic E-state index is 13.7. The first-order valence-corrected chi connectivity index (χ1v) is 12.7. The fourth-order valence-corrected chi connectivity index (χ4v) is 4.05. The Kier molecular flexibility index (Phi) is 9.25. The third-order valence-electron chi connectivity index (χ3n) is 5.21. The summed E-state index contributed by atoms with van der Waals surface area (Å²) in [6, 6.07) is 10.8. The maximum absolute atomic E-state index is 13.7. The van der Waals surface area contributed by atoms with E-state index < -0.39 is 34.3 Å². The Morgan fingerprint density at radius 1 is 1.12 bits per heavy atom. The maximum Gasteiger partial charge on any atom is 0.244 e. The second kappa shape index (κ2) is 11.5. The highest BCUT2D eigenvalue weighted by Gasteiger charge is 2.30. The van der Waals surface area contributed by atoms with E-state index in [0.29, 0.717) is 17.0 Å². The van der Waals surface area contributed by atoms with Crippen LogP contribution in [0.1, 0.15) is 32.8 Å². The minimum absolute atomic E-state index is 0.0222. The summed E-state index contributed by atoms with van der Waals surface area (Å²) < 4.78 is 39.4. The number of carbonyl (C=O) groups is 2. The lowest BCUT2D eigenvalue weighted by molar-refractivity contribution is -0.139. The lowest BCUT2D eigenvalue weighted by atomic mass is 10.1. The second-order valence-corrected chi connectivity index (χ2v) is 10.2. The summed E-state index contributed by atoms with van der Waals surface area (Å²) in [4.78, 5) is 27.4. The predicted molar refractivity (Wildman–Crippen MR) is 128 cm³/mol. The molecule has 33 heavy (non-hydrogen) atoms. The number of sulfonamides is 1. The topological polar surface area (TPSA) is 86.8 Å². The van der Waals surface area contributed by atoms with E-state index in [1.54, 1.807) is 31.2 Å². The van der Waals surface area contributed by atoms with Crippen molar-refractivity contribution >= 4 is 39.1 Å². The quantitative estimate of drug-likeness (QED) is 0.543. The number of carbonyl (C=O) groups excluding carboxylic acids is 2. The third-order valence-corrected chi connectivity index (χ3v) is 6.60. The van der Waals surface area contributed by atoms with Gasteiger partial charge in [-0.2, -0.15) is 0 Å². The van der Waals surface area contributed by atoms with Crippen molar-refractivity contribution in [2.24, 2.45) is 0 Å².